The Kier molecular flexibility index (Phi) is 5.14. The topological polar surface area (TPSA) is 81.1 Å². The van der Waals surface area contributed by atoms with Crippen molar-refractivity contribution in [3.8, 4) is 16.3 Å². The Labute approximate surface area is 173 Å². The van der Waals surface area contributed by atoms with Gasteiger partial charge in [-0.3, -0.25) is 4.79 Å². The number of nitrogens with one attached hydrogen (secondary N) is 1. The SMILES string of the molecule is CC1(NC(=O)C=Cc2cn(-c3ccccc3)nc2-c2cccs2)CCS(=O)(=O)C1. The summed E-state index contributed by atoms with van der Waals surface area (Å²) < 4.78 is 25.3. The molecule has 0 bridgehead atoms. The maximum absolute atomic E-state index is 12.4. The molecule has 3 aromatic rings. The van der Waals surface area contributed by atoms with E-state index in [4.69, 9.17) is 5.10 Å². The highest BCUT2D eigenvalue weighted by Gasteiger charge is 2.39. The number of nitrogens with zero attached hydrogens (tertiary/aromatic N) is 2. The molecule has 2 aromatic heterocycles. The largest absolute Gasteiger partial charge is 0.346 e. The van der Waals surface area contributed by atoms with E-state index in [1.807, 2.05) is 54.0 Å². The predicted molar refractivity (Wildman–Crippen MR) is 116 cm³/mol. The van der Waals surface area contributed by atoms with E-state index in [2.05, 4.69) is 5.32 Å². The van der Waals surface area contributed by atoms with E-state index >= 15 is 0 Å². The van der Waals surface area contributed by atoms with Crippen LogP contribution in [0.5, 0.6) is 0 Å². The Morgan fingerprint density at radius 1 is 1.24 bits per heavy atom. The molecule has 1 unspecified atom stereocenters. The molecule has 1 aromatic carbocycles. The van der Waals surface area contributed by atoms with Gasteiger partial charge < -0.3 is 5.32 Å². The molecule has 0 radical (unpaired) electrons. The van der Waals surface area contributed by atoms with Gasteiger partial charge in [0.05, 0.1) is 27.6 Å². The van der Waals surface area contributed by atoms with Gasteiger partial charge in [0.2, 0.25) is 5.91 Å². The van der Waals surface area contributed by atoms with Crippen LogP contribution in [0.25, 0.3) is 22.3 Å². The Balaban J connectivity index is 1.59. The second kappa shape index (κ2) is 7.61. The lowest BCUT2D eigenvalue weighted by atomic mass is 10.0. The fourth-order valence-corrected chi connectivity index (χ4v) is 6.26. The summed E-state index contributed by atoms with van der Waals surface area (Å²) in [6.45, 7) is 1.77. The Morgan fingerprint density at radius 3 is 2.69 bits per heavy atom. The summed E-state index contributed by atoms with van der Waals surface area (Å²) in [5.41, 5.74) is 1.82. The van der Waals surface area contributed by atoms with Crippen molar-refractivity contribution in [1.29, 1.82) is 0 Å². The van der Waals surface area contributed by atoms with Gasteiger partial charge in [-0.25, -0.2) is 13.1 Å². The minimum absolute atomic E-state index is 0.0219. The predicted octanol–water partition coefficient (Wildman–Crippen LogP) is 3.31. The molecule has 1 fully saturated rings. The fourth-order valence-electron chi connectivity index (χ4n) is 3.44. The van der Waals surface area contributed by atoms with Crippen LogP contribution in [0.15, 0.2) is 60.1 Å². The maximum atomic E-state index is 12.4. The van der Waals surface area contributed by atoms with Crippen LogP contribution in [0.2, 0.25) is 0 Å². The number of benzene rings is 1. The molecule has 1 saturated heterocycles. The number of sulfone groups is 1. The van der Waals surface area contributed by atoms with Crippen molar-refractivity contribution < 1.29 is 13.2 Å². The van der Waals surface area contributed by atoms with Crippen molar-refractivity contribution >= 4 is 33.2 Å². The van der Waals surface area contributed by atoms with E-state index < -0.39 is 15.4 Å². The van der Waals surface area contributed by atoms with Crippen LogP contribution in [-0.2, 0) is 14.6 Å². The average molecular weight is 428 g/mol. The lowest BCUT2D eigenvalue weighted by molar-refractivity contribution is -0.117. The van der Waals surface area contributed by atoms with Crippen LogP contribution in [0.1, 0.15) is 18.9 Å². The zero-order chi connectivity index (χ0) is 20.5. The Hall–Kier alpha value is -2.71. The van der Waals surface area contributed by atoms with Gasteiger partial charge in [-0.15, -0.1) is 11.3 Å². The molecule has 8 heteroatoms. The number of aromatic nitrogens is 2. The van der Waals surface area contributed by atoms with E-state index in [0.717, 1.165) is 21.8 Å². The Morgan fingerprint density at radius 2 is 2.03 bits per heavy atom. The van der Waals surface area contributed by atoms with Crippen LogP contribution < -0.4 is 5.32 Å². The highest BCUT2D eigenvalue weighted by molar-refractivity contribution is 7.91. The highest BCUT2D eigenvalue weighted by Crippen LogP contribution is 2.29. The van der Waals surface area contributed by atoms with Crippen LogP contribution in [-0.4, -0.2) is 41.2 Å². The Bertz CT molecular complexity index is 1150. The average Bonchev–Trinajstić information content (AvgIpc) is 3.39. The van der Waals surface area contributed by atoms with Crippen molar-refractivity contribution in [3.63, 3.8) is 0 Å². The third kappa shape index (κ3) is 4.49. The molecule has 6 nitrogen and oxygen atoms in total. The first-order chi connectivity index (χ1) is 13.8. The molecule has 1 aliphatic rings. The monoisotopic (exact) mass is 427 g/mol. The summed E-state index contributed by atoms with van der Waals surface area (Å²) in [6, 6.07) is 13.7. The van der Waals surface area contributed by atoms with Crippen molar-refractivity contribution in [2.24, 2.45) is 0 Å². The molecule has 1 N–H and O–H groups in total. The number of hydrogen-bond donors (Lipinski definition) is 1. The normalized spacial score (nSPS) is 20.9. The first-order valence-corrected chi connectivity index (χ1v) is 11.9. The molecule has 4 rings (SSSR count). The summed E-state index contributed by atoms with van der Waals surface area (Å²) in [4.78, 5) is 13.5. The number of carbonyl (C=O) groups excluding carboxylic acids is 1. The quantitative estimate of drug-likeness (QED) is 0.634. The minimum Gasteiger partial charge on any atom is -0.346 e. The highest BCUT2D eigenvalue weighted by atomic mass is 32.2. The van der Waals surface area contributed by atoms with Gasteiger partial charge in [-0.05, 0) is 43.0 Å². The number of carbonyl (C=O) groups is 1. The van der Waals surface area contributed by atoms with E-state index in [0.29, 0.717) is 6.42 Å². The molecular formula is C21H21N3O3S2. The number of amides is 1. The molecule has 1 atom stereocenters. The third-order valence-electron chi connectivity index (χ3n) is 4.86. The van der Waals surface area contributed by atoms with Gasteiger partial charge in [0, 0.05) is 17.8 Å². The summed E-state index contributed by atoms with van der Waals surface area (Å²) in [5, 5.41) is 9.53. The van der Waals surface area contributed by atoms with Crippen molar-refractivity contribution in [3.05, 3.63) is 65.7 Å². The van der Waals surface area contributed by atoms with Crippen LogP contribution in [0.3, 0.4) is 0 Å². The zero-order valence-electron chi connectivity index (χ0n) is 15.9. The van der Waals surface area contributed by atoms with Crippen LogP contribution in [0, 0.1) is 0 Å². The summed E-state index contributed by atoms with van der Waals surface area (Å²) in [7, 11) is -3.08. The number of para-hydroxylation sites is 1. The molecule has 0 saturated carbocycles. The van der Waals surface area contributed by atoms with E-state index in [-0.39, 0.29) is 17.4 Å². The van der Waals surface area contributed by atoms with E-state index in [9.17, 15) is 13.2 Å². The third-order valence-corrected chi connectivity index (χ3v) is 7.64. The first-order valence-electron chi connectivity index (χ1n) is 9.23. The fraction of sp³-hybridized carbons (Fsp3) is 0.238. The minimum atomic E-state index is -3.08. The molecule has 3 heterocycles. The van der Waals surface area contributed by atoms with Gasteiger partial charge in [0.25, 0.3) is 0 Å². The summed E-state index contributed by atoms with van der Waals surface area (Å²) in [5.74, 6) is -0.222. The van der Waals surface area contributed by atoms with Crippen LogP contribution in [0.4, 0.5) is 0 Å². The van der Waals surface area contributed by atoms with Gasteiger partial charge in [0.15, 0.2) is 9.84 Å². The van der Waals surface area contributed by atoms with Crippen molar-refractivity contribution in [2.45, 2.75) is 18.9 Å². The molecule has 0 spiro atoms. The standard InChI is InChI=1S/C21H21N3O3S2/c1-21(11-13-29(26,27)15-21)22-19(25)10-9-16-14-24(17-6-3-2-4-7-17)23-20(16)18-8-5-12-28-18/h2-10,12,14H,11,13,15H2,1H3,(H,22,25). The van der Waals surface area contributed by atoms with Gasteiger partial charge in [-0.2, -0.15) is 5.10 Å². The molecule has 150 valence electrons. The molecule has 1 aliphatic heterocycles. The van der Waals surface area contributed by atoms with Crippen LogP contribution >= 0.6 is 11.3 Å². The summed E-state index contributed by atoms with van der Waals surface area (Å²) in [6.07, 6.45) is 5.49. The summed E-state index contributed by atoms with van der Waals surface area (Å²) >= 11 is 1.58. The molecular weight excluding hydrogens is 406 g/mol. The van der Waals surface area contributed by atoms with Gasteiger partial charge >= 0.3 is 0 Å². The second-order valence-corrected chi connectivity index (χ2v) is 10.5. The first kappa shape index (κ1) is 19.6. The number of hydrogen-bond acceptors (Lipinski definition) is 5. The maximum Gasteiger partial charge on any atom is 0.244 e. The van der Waals surface area contributed by atoms with E-state index in [1.54, 1.807) is 29.0 Å². The van der Waals surface area contributed by atoms with Gasteiger partial charge in [0.1, 0.15) is 5.69 Å². The zero-order valence-corrected chi connectivity index (χ0v) is 17.5. The van der Waals surface area contributed by atoms with Crippen molar-refractivity contribution in [1.82, 2.24) is 15.1 Å². The second-order valence-electron chi connectivity index (χ2n) is 7.42. The number of thiophene rings is 1. The lowest BCUT2D eigenvalue weighted by Gasteiger charge is -2.22. The number of rotatable bonds is 5. The molecule has 1 amide bonds. The lowest BCUT2D eigenvalue weighted by Crippen LogP contribution is -2.46. The van der Waals surface area contributed by atoms with Gasteiger partial charge in [-0.1, -0.05) is 24.3 Å². The van der Waals surface area contributed by atoms with Crippen molar-refractivity contribution in [2.75, 3.05) is 11.5 Å². The molecule has 0 aliphatic carbocycles. The van der Waals surface area contributed by atoms with E-state index in [1.165, 1.54) is 6.08 Å². The molecule has 29 heavy (non-hydrogen) atoms. The smallest absolute Gasteiger partial charge is 0.244 e.